The van der Waals surface area contributed by atoms with Crippen molar-refractivity contribution in [1.29, 1.82) is 0 Å². The molecule has 1 aliphatic rings. The molecule has 7 nitrogen and oxygen atoms in total. The van der Waals surface area contributed by atoms with Gasteiger partial charge in [-0.1, -0.05) is 50.2 Å². The Morgan fingerprint density at radius 2 is 1.79 bits per heavy atom. The van der Waals surface area contributed by atoms with Crippen LogP contribution in [0, 0.1) is 5.82 Å². The maximum Gasteiger partial charge on any atom is 0.249 e. The summed E-state index contributed by atoms with van der Waals surface area (Å²) in [6.07, 6.45) is 1.00. The van der Waals surface area contributed by atoms with Gasteiger partial charge in [0.05, 0.1) is 12.1 Å². The number of nitrogens with two attached hydrogens (primary N) is 2. The lowest BCUT2D eigenvalue weighted by atomic mass is 9.92. The number of primary amides is 1. The Balaban J connectivity index is 1.75. The summed E-state index contributed by atoms with van der Waals surface area (Å²) >= 11 is 0. The number of hydrogen-bond acceptors (Lipinski definition) is 4. The molecule has 0 aromatic heterocycles. The summed E-state index contributed by atoms with van der Waals surface area (Å²) < 4.78 is 14.3. The average Bonchev–Trinajstić information content (AvgIpc) is 2.98. The molecule has 1 heterocycles. The first kappa shape index (κ1) is 28.0. The summed E-state index contributed by atoms with van der Waals surface area (Å²) in [5, 5.41) is 2.82. The topological polar surface area (TPSA) is 119 Å². The van der Waals surface area contributed by atoms with Crippen LogP contribution in [0.1, 0.15) is 67.1 Å². The third-order valence-corrected chi connectivity index (χ3v) is 7.23. The van der Waals surface area contributed by atoms with E-state index in [0.29, 0.717) is 29.7 Å². The van der Waals surface area contributed by atoms with Crippen LogP contribution in [0.25, 0.3) is 11.1 Å². The highest BCUT2D eigenvalue weighted by molar-refractivity contribution is 6.02. The molecule has 0 radical (unpaired) electrons. The van der Waals surface area contributed by atoms with Crippen molar-refractivity contribution in [2.24, 2.45) is 11.5 Å². The number of aryl methyl sites for hydroxylation is 1. The number of anilines is 1. The molecule has 2 unspecified atom stereocenters. The monoisotopic (exact) mass is 530 g/mol. The van der Waals surface area contributed by atoms with Crippen LogP contribution in [0.3, 0.4) is 0 Å². The highest BCUT2D eigenvalue weighted by Crippen LogP contribution is 2.37. The van der Waals surface area contributed by atoms with Crippen molar-refractivity contribution in [2.75, 3.05) is 4.90 Å². The number of hydrogen-bond donors (Lipinski definition) is 3. The van der Waals surface area contributed by atoms with Gasteiger partial charge in [-0.15, -0.1) is 0 Å². The highest BCUT2D eigenvalue weighted by atomic mass is 19.1. The zero-order chi connectivity index (χ0) is 28.5. The second-order valence-electron chi connectivity index (χ2n) is 10.8. The Morgan fingerprint density at radius 3 is 2.46 bits per heavy atom. The molecule has 0 saturated carbocycles. The van der Waals surface area contributed by atoms with Gasteiger partial charge in [-0.2, -0.15) is 0 Å². The van der Waals surface area contributed by atoms with E-state index in [4.69, 9.17) is 11.5 Å². The van der Waals surface area contributed by atoms with Gasteiger partial charge in [0.15, 0.2) is 0 Å². The molecule has 0 spiro atoms. The van der Waals surface area contributed by atoms with Crippen LogP contribution in [0.5, 0.6) is 0 Å². The van der Waals surface area contributed by atoms with Crippen LogP contribution in [0.4, 0.5) is 10.1 Å². The van der Waals surface area contributed by atoms with E-state index in [0.717, 1.165) is 22.3 Å². The molecule has 1 aliphatic heterocycles. The predicted octanol–water partition coefficient (Wildman–Crippen LogP) is 4.42. The zero-order valence-corrected chi connectivity index (χ0v) is 22.8. The van der Waals surface area contributed by atoms with Gasteiger partial charge in [-0.05, 0) is 84.7 Å². The summed E-state index contributed by atoms with van der Waals surface area (Å²) in [5.41, 5.74) is 15.7. The Morgan fingerprint density at radius 1 is 1.08 bits per heavy atom. The fourth-order valence-corrected chi connectivity index (χ4v) is 5.10. The molecule has 0 saturated heterocycles. The first-order chi connectivity index (χ1) is 18.4. The molecule has 0 aliphatic carbocycles. The number of carbonyl (C=O) groups is 3. The Labute approximate surface area is 228 Å². The number of nitrogens with zero attached hydrogens (tertiary/aromatic N) is 1. The molecular formula is C31H35FN4O3. The minimum Gasteiger partial charge on any atom is -0.366 e. The van der Waals surface area contributed by atoms with Gasteiger partial charge in [0.25, 0.3) is 0 Å². The molecular weight excluding hydrogens is 495 g/mol. The van der Waals surface area contributed by atoms with Gasteiger partial charge in [0.2, 0.25) is 17.7 Å². The molecule has 8 heteroatoms. The van der Waals surface area contributed by atoms with E-state index in [1.165, 1.54) is 12.1 Å². The number of nitrogens with one attached hydrogen (secondary N) is 1. The van der Waals surface area contributed by atoms with Gasteiger partial charge < -0.3 is 21.7 Å². The maximum absolute atomic E-state index is 14.3. The lowest BCUT2D eigenvalue weighted by molar-refractivity contribution is -0.130. The fourth-order valence-electron chi connectivity index (χ4n) is 5.10. The Hall–Kier alpha value is -4.04. The van der Waals surface area contributed by atoms with Crippen molar-refractivity contribution in [3.05, 3.63) is 88.7 Å². The predicted molar refractivity (Wildman–Crippen MR) is 151 cm³/mol. The maximum atomic E-state index is 14.3. The Kier molecular flexibility index (Phi) is 7.88. The van der Waals surface area contributed by atoms with E-state index in [9.17, 15) is 18.8 Å². The fraction of sp³-hybridized carbons (Fsp3) is 0.323. The molecule has 3 amide bonds. The number of fused-ring (bicyclic) bond motifs is 1. The molecule has 0 fully saturated rings. The molecule has 4 rings (SSSR count). The van der Waals surface area contributed by atoms with Gasteiger partial charge >= 0.3 is 0 Å². The van der Waals surface area contributed by atoms with E-state index >= 15 is 0 Å². The quantitative estimate of drug-likeness (QED) is 0.419. The summed E-state index contributed by atoms with van der Waals surface area (Å²) in [6.45, 7) is 7.32. The zero-order valence-electron chi connectivity index (χ0n) is 22.8. The Bertz CT molecular complexity index is 1430. The van der Waals surface area contributed by atoms with Crippen LogP contribution in [-0.4, -0.2) is 29.3 Å². The van der Waals surface area contributed by atoms with E-state index in [2.05, 4.69) is 5.32 Å². The third kappa shape index (κ3) is 5.86. The normalized spacial score (nSPS) is 17.4. The number of carbonyl (C=O) groups excluding carboxylic acids is 3. The van der Waals surface area contributed by atoms with Gasteiger partial charge in [-0.3, -0.25) is 14.4 Å². The average molecular weight is 531 g/mol. The largest absolute Gasteiger partial charge is 0.366 e. The van der Waals surface area contributed by atoms with Crippen LogP contribution in [0.2, 0.25) is 0 Å². The van der Waals surface area contributed by atoms with E-state index in [1.54, 1.807) is 36.9 Å². The smallest absolute Gasteiger partial charge is 0.249 e. The summed E-state index contributed by atoms with van der Waals surface area (Å²) in [4.78, 5) is 40.3. The number of benzene rings is 3. The van der Waals surface area contributed by atoms with Crippen molar-refractivity contribution in [1.82, 2.24) is 5.32 Å². The van der Waals surface area contributed by atoms with Crippen molar-refractivity contribution < 1.29 is 18.8 Å². The second-order valence-corrected chi connectivity index (χ2v) is 10.8. The molecule has 204 valence electrons. The lowest BCUT2D eigenvalue weighted by Crippen LogP contribution is -2.56. The van der Waals surface area contributed by atoms with Crippen LogP contribution < -0.4 is 21.7 Å². The standard InChI is InChI=1S/C31H35FN4O3/c1-5-20-15-19(10-12-22(20)23-8-6-7-9-24(23)28(33)37)17-36-27-13-11-21(32)16-25(27)18(2)14-26(29(36)38)35-30(39)31(3,4)34/h6-13,15-16,18,26H,5,14,17,34H2,1-4H3,(H2,33,37)(H,35,39). The number of amides is 3. The second kappa shape index (κ2) is 11.0. The van der Waals surface area contributed by atoms with E-state index in [1.807, 2.05) is 44.2 Å². The minimum atomic E-state index is -1.16. The third-order valence-electron chi connectivity index (χ3n) is 7.23. The molecule has 3 aromatic carbocycles. The van der Waals surface area contributed by atoms with Crippen LogP contribution in [-0.2, 0) is 22.6 Å². The molecule has 0 bridgehead atoms. The van der Waals surface area contributed by atoms with Crippen LogP contribution in [0.15, 0.2) is 60.7 Å². The molecule has 3 aromatic rings. The SMILES string of the molecule is CCc1cc(CN2C(=O)C(NC(=O)C(C)(C)N)CC(C)c3cc(F)ccc32)ccc1-c1ccccc1C(N)=O. The van der Waals surface area contributed by atoms with Crippen LogP contribution >= 0.6 is 0 Å². The minimum absolute atomic E-state index is 0.185. The van der Waals surface area contributed by atoms with Gasteiger partial charge in [-0.25, -0.2) is 4.39 Å². The van der Waals surface area contributed by atoms with E-state index in [-0.39, 0.29) is 24.2 Å². The first-order valence-corrected chi connectivity index (χ1v) is 13.1. The van der Waals surface area contributed by atoms with E-state index < -0.39 is 23.4 Å². The molecule has 2 atom stereocenters. The van der Waals surface area contributed by atoms with Crippen molar-refractivity contribution >= 4 is 23.4 Å². The number of rotatable bonds is 7. The summed E-state index contributed by atoms with van der Waals surface area (Å²) in [6, 6.07) is 16.7. The first-order valence-electron chi connectivity index (χ1n) is 13.1. The van der Waals surface area contributed by atoms with Gasteiger partial charge in [0.1, 0.15) is 11.9 Å². The summed E-state index contributed by atoms with van der Waals surface area (Å²) in [7, 11) is 0. The van der Waals surface area contributed by atoms with Crippen molar-refractivity contribution in [3.63, 3.8) is 0 Å². The molecule has 5 N–H and O–H groups in total. The molecule has 39 heavy (non-hydrogen) atoms. The number of halogens is 1. The highest BCUT2D eigenvalue weighted by Gasteiger charge is 2.36. The van der Waals surface area contributed by atoms with Gasteiger partial charge in [0, 0.05) is 11.3 Å². The summed E-state index contributed by atoms with van der Waals surface area (Å²) in [5.74, 6) is -1.79. The lowest BCUT2D eigenvalue weighted by Gasteiger charge is -2.28. The van der Waals surface area contributed by atoms with Crippen molar-refractivity contribution in [3.8, 4) is 11.1 Å². The van der Waals surface area contributed by atoms with Crippen molar-refractivity contribution in [2.45, 2.75) is 64.6 Å².